The van der Waals surface area contributed by atoms with Crippen molar-refractivity contribution in [2.45, 2.75) is 6.18 Å². The van der Waals surface area contributed by atoms with Crippen molar-refractivity contribution in [3.05, 3.63) is 46.9 Å². The van der Waals surface area contributed by atoms with Crippen molar-refractivity contribution in [3.63, 3.8) is 0 Å². The van der Waals surface area contributed by atoms with E-state index in [4.69, 9.17) is 11.6 Å². The highest BCUT2D eigenvalue weighted by atomic mass is 35.5. The molecule has 0 atom stereocenters. The molecule has 108 valence electrons. The summed E-state index contributed by atoms with van der Waals surface area (Å²) in [4.78, 5) is 16.7. The summed E-state index contributed by atoms with van der Waals surface area (Å²) in [7, 11) is 3.50. The minimum atomic E-state index is -4.50. The molecule has 0 aliphatic carbocycles. The maximum atomic E-state index is 12.4. The number of hydrogen-bond donors (Lipinski definition) is 0. The molecular formula is C13H12ClF3N2O. The molecule has 0 saturated carbocycles. The molecule has 1 aromatic heterocycles. The molecule has 20 heavy (non-hydrogen) atoms. The number of allylic oxidation sites excluding steroid dienone is 2. The Morgan fingerprint density at radius 2 is 2.00 bits per heavy atom. The highest BCUT2D eigenvalue weighted by Gasteiger charge is 2.31. The maximum absolute atomic E-state index is 12.4. The zero-order valence-corrected chi connectivity index (χ0v) is 11.5. The van der Waals surface area contributed by atoms with Crippen LogP contribution in [0, 0.1) is 0 Å². The summed E-state index contributed by atoms with van der Waals surface area (Å²) in [5.41, 5.74) is -0.829. The predicted octanol–water partition coefficient (Wildman–Crippen LogP) is 3.41. The van der Waals surface area contributed by atoms with Crippen LogP contribution in [0.25, 0.3) is 6.08 Å². The minimum absolute atomic E-state index is 0.103. The Balaban J connectivity index is 2.87. The van der Waals surface area contributed by atoms with Crippen LogP contribution in [-0.4, -0.2) is 29.8 Å². The summed E-state index contributed by atoms with van der Waals surface area (Å²) in [6.45, 7) is 0. The lowest BCUT2D eigenvalue weighted by molar-refractivity contribution is -0.137. The first-order chi connectivity index (χ1) is 9.20. The van der Waals surface area contributed by atoms with Crippen LogP contribution in [0.1, 0.15) is 11.3 Å². The molecule has 0 amide bonds. The van der Waals surface area contributed by atoms with Gasteiger partial charge < -0.3 is 4.90 Å². The molecule has 1 heterocycles. The Morgan fingerprint density at radius 3 is 2.50 bits per heavy atom. The monoisotopic (exact) mass is 304 g/mol. The lowest BCUT2D eigenvalue weighted by Gasteiger charge is -2.07. The highest BCUT2D eigenvalue weighted by Crippen LogP contribution is 2.31. The van der Waals surface area contributed by atoms with E-state index in [1.54, 1.807) is 25.2 Å². The zero-order valence-electron chi connectivity index (χ0n) is 10.8. The quantitative estimate of drug-likeness (QED) is 0.799. The number of ketones is 1. The van der Waals surface area contributed by atoms with Crippen molar-refractivity contribution in [2.75, 3.05) is 14.1 Å². The lowest BCUT2D eigenvalue weighted by Crippen LogP contribution is -2.05. The Morgan fingerprint density at radius 1 is 1.35 bits per heavy atom. The summed E-state index contributed by atoms with van der Waals surface area (Å²) >= 11 is 5.70. The first kappa shape index (κ1) is 16.2. The molecule has 0 aromatic carbocycles. The van der Waals surface area contributed by atoms with E-state index in [1.807, 2.05) is 0 Å². The maximum Gasteiger partial charge on any atom is 0.417 e. The van der Waals surface area contributed by atoms with Crippen molar-refractivity contribution in [3.8, 4) is 0 Å². The first-order valence-electron chi connectivity index (χ1n) is 5.49. The van der Waals surface area contributed by atoms with Gasteiger partial charge >= 0.3 is 6.18 Å². The fraction of sp³-hybridized carbons (Fsp3) is 0.231. The molecule has 1 rings (SSSR count). The van der Waals surface area contributed by atoms with Crippen molar-refractivity contribution >= 4 is 23.5 Å². The Hall–Kier alpha value is -1.82. The number of rotatable bonds is 4. The van der Waals surface area contributed by atoms with Gasteiger partial charge in [-0.25, -0.2) is 0 Å². The van der Waals surface area contributed by atoms with Gasteiger partial charge in [-0.1, -0.05) is 11.6 Å². The van der Waals surface area contributed by atoms with Gasteiger partial charge in [0, 0.05) is 32.6 Å². The molecule has 0 radical (unpaired) electrons. The molecule has 0 aliphatic rings. The molecule has 0 unspecified atom stereocenters. The van der Waals surface area contributed by atoms with E-state index in [-0.39, 0.29) is 16.5 Å². The molecular weight excluding hydrogens is 293 g/mol. The van der Waals surface area contributed by atoms with Crippen molar-refractivity contribution < 1.29 is 18.0 Å². The van der Waals surface area contributed by atoms with E-state index < -0.39 is 11.7 Å². The third kappa shape index (κ3) is 5.05. The number of halogens is 4. The van der Waals surface area contributed by atoms with Crippen molar-refractivity contribution in [1.29, 1.82) is 0 Å². The van der Waals surface area contributed by atoms with Gasteiger partial charge in [0.15, 0.2) is 5.78 Å². The van der Waals surface area contributed by atoms with Crippen LogP contribution in [0.2, 0.25) is 5.02 Å². The average Bonchev–Trinajstić information content (AvgIpc) is 2.33. The Kier molecular flexibility index (Phi) is 5.33. The van der Waals surface area contributed by atoms with Crippen molar-refractivity contribution in [2.24, 2.45) is 0 Å². The largest absolute Gasteiger partial charge is 0.417 e. The Bertz CT molecular complexity index is 551. The number of hydrogen-bond acceptors (Lipinski definition) is 3. The van der Waals surface area contributed by atoms with Crippen LogP contribution in [0.15, 0.2) is 30.6 Å². The summed E-state index contributed by atoms with van der Waals surface area (Å²) in [5.74, 6) is -0.323. The number of alkyl halides is 3. The summed E-state index contributed by atoms with van der Waals surface area (Å²) in [5, 5.41) is -0.166. The van der Waals surface area contributed by atoms with Crippen LogP contribution in [0.5, 0.6) is 0 Å². The topological polar surface area (TPSA) is 33.2 Å². The standard InChI is InChI=1S/C13H12ClF3N2O/c1-19(2)6-5-10(20)3-4-12-11(14)7-9(8-18-12)13(15,16)17/h3-8H,1-2H3. The van der Waals surface area contributed by atoms with Crippen LogP contribution in [0.4, 0.5) is 13.2 Å². The third-order valence-corrected chi connectivity index (χ3v) is 2.44. The van der Waals surface area contributed by atoms with E-state index in [2.05, 4.69) is 4.98 Å². The second-order valence-electron chi connectivity index (χ2n) is 4.10. The van der Waals surface area contributed by atoms with Gasteiger partial charge in [-0.2, -0.15) is 13.2 Å². The number of aromatic nitrogens is 1. The van der Waals surface area contributed by atoms with Gasteiger partial charge in [-0.15, -0.1) is 0 Å². The molecule has 0 aliphatic heterocycles. The number of carbonyl (C=O) groups excluding carboxylic acids is 1. The third-order valence-electron chi connectivity index (χ3n) is 2.14. The van der Waals surface area contributed by atoms with Gasteiger partial charge in [-0.3, -0.25) is 9.78 Å². The summed E-state index contributed by atoms with van der Waals surface area (Å²) < 4.78 is 37.2. The van der Waals surface area contributed by atoms with E-state index in [1.165, 1.54) is 18.2 Å². The second kappa shape index (κ2) is 6.56. The molecule has 0 bridgehead atoms. The van der Waals surface area contributed by atoms with E-state index in [9.17, 15) is 18.0 Å². The van der Waals surface area contributed by atoms with Crippen LogP contribution >= 0.6 is 11.6 Å². The molecule has 0 fully saturated rings. The Labute approximate surface area is 119 Å². The van der Waals surface area contributed by atoms with Gasteiger partial charge in [0.25, 0.3) is 0 Å². The van der Waals surface area contributed by atoms with E-state index in [0.29, 0.717) is 6.20 Å². The molecule has 0 saturated heterocycles. The highest BCUT2D eigenvalue weighted by molar-refractivity contribution is 6.32. The van der Waals surface area contributed by atoms with E-state index in [0.717, 1.165) is 6.07 Å². The molecule has 1 aromatic rings. The fourth-order valence-electron chi connectivity index (χ4n) is 1.17. The molecule has 7 heteroatoms. The molecule has 3 nitrogen and oxygen atoms in total. The van der Waals surface area contributed by atoms with Crippen LogP contribution < -0.4 is 0 Å². The predicted molar refractivity (Wildman–Crippen MR) is 71.1 cm³/mol. The average molecular weight is 305 g/mol. The normalized spacial score (nSPS) is 12.3. The zero-order chi connectivity index (χ0) is 15.3. The summed E-state index contributed by atoms with van der Waals surface area (Å²) in [6, 6.07) is 0.772. The van der Waals surface area contributed by atoms with Crippen molar-refractivity contribution in [1.82, 2.24) is 9.88 Å². The minimum Gasteiger partial charge on any atom is -0.383 e. The first-order valence-corrected chi connectivity index (χ1v) is 5.87. The number of nitrogens with zero attached hydrogens (tertiary/aromatic N) is 2. The fourth-order valence-corrected chi connectivity index (χ4v) is 1.39. The number of pyridine rings is 1. The van der Waals surface area contributed by atoms with Gasteiger partial charge in [0.2, 0.25) is 0 Å². The van der Waals surface area contributed by atoms with Gasteiger partial charge in [0.1, 0.15) is 0 Å². The second-order valence-corrected chi connectivity index (χ2v) is 4.51. The lowest BCUT2D eigenvalue weighted by atomic mass is 10.2. The summed E-state index contributed by atoms with van der Waals surface area (Å²) in [6.07, 6.45) is 1.49. The smallest absolute Gasteiger partial charge is 0.383 e. The van der Waals surface area contributed by atoms with Crippen LogP contribution in [-0.2, 0) is 11.0 Å². The molecule has 0 N–H and O–H groups in total. The molecule has 0 spiro atoms. The number of carbonyl (C=O) groups is 1. The SMILES string of the molecule is CN(C)C=CC(=O)C=Cc1ncc(C(F)(F)F)cc1Cl. The van der Waals surface area contributed by atoms with Crippen LogP contribution in [0.3, 0.4) is 0 Å². The van der Waals surface area contributed by atoms with Gasteiger partial charge in [0.05, 0.1) is 16.3 Å². The van der Waals surface area contributed by atoms with Gasteiger partial charge in [-0.05, 0) is 18.2 Å². The van der Waals surface area contributed by atoms with E-state index >= 15 is 0 Å².